The number of hydrogen-bond donors (Lipinski definition) is 1. The molecule has 1 aromatic heterocycles. The van der Waals surface area contributed by atoms with Crippen LogP contribution >= 0.6 is 0 Å². The Morgan fingerprint density at radius 1 is 1.04 bits per heavy atom. The van der Waals surface area contributed by atoms with Crippen molar-refractivity contribution in [2.24, 2.45) is 0 Å². The minimum absolute atomic E-state index is 0.143. The molecule has 2 aliphatic rings. The number of piperazine rings is 1. The predicted octanol–water partition coefficient (Wildman–Crippen LogP) is 2.12. The number of aliphatic hydroxyl groups is 1. The van der Waals surface area contributed by atoms with E-state index in [4.69, 9.17) is 0 Å². The van der Waals surface area contributed by atoms with Gasteiger partial charge in [-0.25, -0.2) is 9.97 Å². The molecular weight excluding hydrogens is 326 g/mol. The first-order chi connectivity index (χ1) is 12.6. The van der Waals surface area contributed by atoms with E-state index in [-0.39, 0.29) is 6.10 Å². The van der Waals surface area contributed by atoms with Crippen LogP contribution in [0.25, 0.3) is 10.9 Å². The molecule has 1 saturated heterocycles. The molecule has 1 N–H and O–H groups in total. The van der Waals surface area contributed by atoms with E-state index in [0.717, 1.165) is 55.7 Å². The highest BCUT2D eigenvalue weighted by atomic mass is 16.3. The average Bonchev–Trinajstić information content (AvgIpc) is 2.67. The van der Waals surface area contributed by atoms with Gasteiger partial charge in [-0.3, -0.25) is 4.90 Å². The zero-order chi connectivity index (χ0) is 18.1. The fourth-order valence-electron chi connectivity index (χ4n) is 4.41. The fraction of sp³-hybridized carbons (Fsp3) is 0.600. The molecule has 2 unspecified atom stereocenters. The van der Waals surface area contributed by atoms with Crippen molar-refractivity contribution in [2.45, 2.75) is 37.8 Å². The quantitative estimate of drug-likeness (QED) is 0.910. The van der Waals surface area contributed by atoms with Crippen molar-refractivity contribution in [2.75, 3.05) is 50.1 Å². The van der Waals surface area contributed by atoms with Crippen LogP contribution in [-0.4, -0.2) is 72.4 Å². The second-order valence-electron chi connectivity index (χ2n) is 7.74. The molecule has 26 heavy (non-hydrogen) atoms. The average molecular weight is 355 g/mol. The molecule has 0 spiro atoms. The summed E-state index contributed by atoms with van der Waals surface area (Å²) < 4.78 is 0. The van der Waals surface area contributed by atoms with Gasteiger partial charge in [0.1, 0.15) is 12.1 Å². The Hall–Kier alpha value is -1.92. The van der Waals surface area contributed by atoms with E-state index in [1.54, 1.807) is 6.33 Å². The molecule has 6 nitrogen and oxygen atoms in total. The minimum Gasteiger partial charge on any atom is -0.391 e. The summed E-state index contributed by atoms with van der Waals surface area (Å²) in [4.78, 5) is 15.8. The third kappa shape index (κ3) is 3.35. The van der Waals surface area contributed by atoms with Gasteiger partial charge in [-0.1, -0.05) is 12.8 Å². The summed E-state index contributed by atoms with van der Waals surface area (Å²) in [7, 11) is 4.03. The highest BCUT2D eigenvalue weighted by Gasteiger charge is 2.30. The molecule has 1 aliphatic carbocycles. The topological polar surface area (TPSA) is 55.7 Å². The summed E-state index contributed by atoms with van der Waals surface area (Å²) in [5, 5.41) is 11.4. The Morgan fingerprint density at radius 3 is 2.54 bits per heavy atom. The number of nitrogens with zero attached hydrogens (tertiary/aromatic N) is 5. The molecule has 140 valence electrons. The lowest BCUT2D eigenvalue weighted by molar-refractivity contribution is 0.0173. The van der Waals surface area contributed by atoms with E-state index in [1.807, 2.05) is 19.0 Å². The summed E-state index contributed by atoms with van der Waals surface area (Å²) in [5.41, 5.74) is 2.22. The summed E-state index contributed by atoms with van der Waals surface area (Å²) in [6.45, 7) is 4.04. The molecule has 2 atom stereocenters. The van der Waals surface area contributed by atoms with Crippen LogP contribution in [0.5, 0.6) is 0 Å². The van der Waals surface area contributed by atoms with Crippen molar-refractivity contribution in [3.05, 3.63) is 24.5 Å². The number of fused-ring (bicyclic) bond motifs is 1. The van der Waals surface area contributed by atoms with Gasteiger partial charge in [-0.15, -0.1) is 0 Å². The molecule has 2 aromatic rings. The lowest BCUT2D eigenvalue weighted by Crippen LogP contribution is -2.54. The van der Waals surface area contributed by atoms with Crippen LogP contribution < -0.4 is 9.80 Å². The monoisotopic (exact) mass is 355 g/mol. The Kier molecular flexibility index (Phi) is 4.96. The summed E-state index contributed by atoms with van der Waals surface area (Å²) in [6, 6.07) is 6.84. The van der Waals surface area contributed by atoms with Crippen LogP contribution in [0.15, 0.2) is 24.5 Å². The predicted molar refractivity (Wildman–Crippen MR) is 106 cm³/mol. The Morgan fingerprint density at radius 2 is 1.81 bits per heavy atom. The van der Waals surface area contributed by atoms with Gasteiger partial charge in [0.25, 0.3) is 0 Å². The van der Waals surface area contributed by atoms with Gasteiger partial charge in [0, 0.05) is 57.4 Å². The summed E-state index contributed by atoms with van der Waals surface area (Å²) in [5.74, 6) is 0.959. The van der Waals surface area contributed by atoms with Crippen LogP contribution in [0.2, 0.25) is 0 Å². The summed E-state index contributed by atoms with van der Waals surface area (Å²) >= 11 is 0. The highest BCUT2D eigenvalue weighted by Crippen LogP contribution is 2.29. The third-order valence-corrected chi connectivity index (χ3v) is 5.86. The lowest BCUT2D eigenvalue weighted by atomic mass is 9.91. The molecular formula is C20H29N5O. The van der Waals surface area contributed by atoms with E-state index < -0.39 is 0 Å². The van der Waals surface area contributed by atoms with E-state index in [1.165, 1.54) is 18.5 Å². The second-order valence-corrected chi connectivity index (χ2v) is 7.74. The zero-order valence-electron chi connectivity index (χ0n) is 15.8. The smallest absolute Gasteiger partial charge is 0.139 e. The van der Waals surface area contributed by atoms with Crippen molar-refractivity contribution in [3.63, 3.8) is 0 Å². The molecule has 1 aromatic carbocycles. The van der Waals surface area contributed by atoms with Crippen LogP contribution in [0.3, 0.4) is 0 Å². The van der Waals surface area contributed by atoms with Gasteiger partial charge < -0.3 is 14.9 Å². The van der Waals surface area contributed by atoms with Crippen molar-refractivity contribution < 1.29 is 5.11 Å². The molecule has 1 saturated carbocycles. The lowest BCUT2D eigenvalue weighted by Gasteiger charge is -2.43. The van der Waals surface area contributed by atoms with Gasteiger partial charge in [-0.05, 0) is 31.0 Å². The first kappa shape index (κ1) is 17.5. The van der Waals surface area contributed by atoms with Crippen LogP contribution in [0, 0.1) is 0 Å². The maximum absolute atomic E-state index is 10.3. The molecule has 0 radical (unpaired) electrons. The fourth-order valence-corrected chi connectivity index (χ4v) is 4.41. The number of hydrogen-bond acceptors (Lipinski definition) is 6. The van der Waals surface area contributed by atoms with Crippen molar-refractivity contribution >= 4 is 22.4 Å². The van der Waals surface area contributed by atoms with Gasteiger partial charge in [0.2, 0.25) is 0 Å². The second kappa shape index (κ2) is 7.37. The van der Waals surface area contributed by atoms with Crippen LogP contribution in [-0.2, 0) is 0 Å². The first-order valence-corrected chi connectivity index (χ1v) is 9.72. The number of benzene rings is 1. The largest absolute Gasteiger partial charge is 0.391 e. The van der Waals surface area contributed by atoms with E-state index in [0.29, 0.717) is 6.04 Å². The van der Waals surface area contributed by atoms with Gasteiger partial charge >= 0.3 is 0 Å². The van der Waals surface area contributed by atoms with Gasteiger partial charge in [-0.2, -0.15) is 0 Å². The van der Waals surface area contributed by atoms with E-state index >= 15 is 0 Å². The first-order valence-electron chi connectivity index (χ1n) is 9.72. The third-order valence-electron chi connectivity index (χ3n) is 5.86. The molecule has 4 rings (SSSR count). The molecule has 0 amide bonds. The maximum atomic E-state index is 10.3. The van der Waals surface area contributed by atoms with Crippen LogP contribution in [0.4, 0.5) is 11.5 Å². The zero-order valence-corrected chi connectivity index (χ0v) is 15.8. The summed E-state index contributed by atoms with van der Waals surface area (Å²) in [6.07, 6.45) is 6.01. The number of anilines is 2. The Labute approximate surface area is 155 Å². The van der Waals surface area contributed by atoms with Crippen molar-refractivity contribution in [1.82, 2.24) is 14.9 Å². The van der Waals surface area contributed by atoms with E-state index in [9.17, 15) is 5.11 Å². The van der Waals surface area contributed by atoms with Crippen molar-refractivity contribution in [3.8, 4) is 0 Å². The Balaban J connectivity index is 1.50. The van der Waals surface area contributed by atoms with Crippen LogP contribution in [0.1, 0.15) is 25.7 Å². The molecule has 6 heteroatoms. The number of rotatable bonds is 3. The van der Waals surface area contributed by atoms with Gasteiger partial charge in [0.05, 0.1) is 11.6 Å². The van der Waals surface area contributed by atoms with Crippen molar-refractivity contribution in [1.29, 1.82) is 0 Å². The maximum Gasteiger partial charge on any atom is 0.139 e. The molecule has 2 heterocycles. The normalized spacial score (nSPS) is 24.8. The number of aromatic nitrogens is 2. The highest BCUT2D eigenvalue weighted by molar-refractivity contribution is 5.91. The number of aliphatic hydroxyl groups excluding tert-OH is 1. The van der Waals surface area contributed by atoms with E-state index in [2.05, 4.69) is 38.0 Å². The standard InChI is InChI=1S/C20H29N5O/c1-23(2)20-16-13-15(7-8-17(16)21-14-22-20)24-9-11-25(12-10-24)18-5-3-4-6-19(18)26/h7-8,13-14,18-19,26H,3-6,9-12H2,1-2H3. The molecule has 0 bridgehead atoms. The molecule has 1 aliphatic heterocycles. The Bertz CT molecular complexity index is 757. The molecule has 2 fully saturated rings. The van der Waals surface area contributed by atoms with Gasteiger partial charge in [0.15, 0.2) is 0 Å². The SMILES string of the molecule is CN(C)c1ncnc2ccc(N3CCN(C4CCCCC4O)CC3)cc12. The minimum atomic E-state index is -0.143.